The van der Waals surface area contributed by atoms with E-state index in [2.05, 4.69) is 5.43 Å². The van der Waals surface area contributed by atoms with Gasteiger partial charge in [0.2, 0.25) is 0 Å². The zero-order chi connectivity index (χ0) is 13.9. The highest BCUT2D eigenvalue weighted by Gasteiger charge is 2.32. The van der Waals surface area contributed by atoms with E-state index in [-0.39, 0.29) is 19.5 Å². The molecule has 0 aromatic rings. The number of nitrogens with zero attached hydrogens (tertiary/aromatic N) is 1. The van der Waals surface area contributed by atoms with Gasteiger partial charge in [-0.2, -0.15) is 0 Å². The Labute approximate surface area is 106 Å². The van der Waals surface area contributed by atoms with E-state index in [1.54, 1.807) is 20.8 Å². The predicted molar refractivity (Wildman–Crippen MR) is 62.7 cm³/mol. The lowest BCUT2D eigenvalue weighted by atomic mass is 10.0. The van der Waals surface area contributed by atoms with E-state index in [0.29, 0.717) is 0 Å². The third kappa shape index (κ3) is 4.50. The molecule has 0 radical (unpaired) electrons. The number of carboxylic acid groups (broad SMARTS) is 1. The Morgan fingerprint density at radius 2 is 2.00 bits per heavy atom. The van der Waals surface area contributed by atoms with Crippen molar-refractivity contribution in [2.75, 3.05) is 13.1 Å². The summed E-state index contributed by atoms with van der Waals surface area (Å²) in [6, 6.07) is 0. The van der Waals surface area contributed by atoms with Crippen molar-refractivity contribution < 1.29 is 24.5 Å². The Balaban J connectivity index is 2.63. The van der Waals surface area contributed by atoms with Crippen LogP contribution in [0.1, 0.15) is 27.2 Å². The summed E-state index contributed by atoms with van der Waals surface area (Å²) >= 11 is 0. The van der Waals surface area contributed by atoms with Crippen molar-refractivity contribution in [1.82, 2.24) is 10.4 Å². The summed E-state index contributed by atoms with van der Waals surface area (Å²) in [5, 5.41) is 19.4. The molecule has 18 heavy (non-hydrogen) atoms. The van der Waals surface area contributed by atoms with Crippen molar-refractivity contribution in [3.63, 3.8) is 0 Å². The van der Waals surface area contributed by atoms with Gasteiger partial charge in [-0.15, -0.1) is 0 Å². The van der Waals surface area contributed by atoms with Crippen molar-refractivity contribution in [2.24, 2.45) is 5.92 Å². The lowest BCUT2D eigenvalue weighted by Gasteiger charge is -2.23. The second kappa shape index (κ2) is 5.53. The Morgan fingerprint density at radius 3 is 2.50 bits per heavy atom. The summed E-state index contributed by atoms with van der Waals surface area (Å²) in [7, 11) is 0. The SMILES string of the molecule is CC(C)(C)OC(=O)C1CNN(C(=O)O)CC(O)C1. The highest BCUT2D eigenvalue weighted by molar-refractivity contribution is 5.73. The molecule has 1 fully saturated rings. The molecule has 7 heteroatoms. The van der Waals surface area contributed by atoms with Crippen molar-refractivity contribution in [3.05, 3.63) is 0 Å². The molecule has 0 saturated carbocycles. The number of rotatable bonds is 1. The number of aliphatic hydroxyl groups excluding tert-OH is 1. The molecule has 1 aliphatic heterocycles. The Morgan fingerprint density at radius 1 is 1.39 bits per heavy atom. The first-order valence-electron chi connectivity index (χ1n) is 5.84. The number of ether oxygens (including phenoxy) is 1. The van der Waals surface area contributed by atoms with Crippen LogP contribution in [0.4, 0.5) is 4.79 Å². The number of nitrogens with one attached hydrogen (secondary N) is 1. The lowest BCUT2D eigenvalue weighted by Crippen LogP contribution is -2.45. The minimum absolute atomic E-state index is 0.0609. The van der Waals surface area contributed by atoms with Crippen LogP contribution in [0.15, 0.2) is 0 Å². The van der Waals surface area contributed by atoms with Gasteiger partial charge >= 0.3 is 12.1 Å². The summed E-state index contributed by atoms with van der Waals surface area (Å²) in [4.78, 5) is 22.6. The second-order valence-electron chi connectivity index (χ2n) is 5.38. The molecule has 1 rings (SSSR count). The summed E-state index contributed by atoms with van der Waals surface area (Å²) in [6.07, 6.45) is -1.88. The van der Waals surface area contributed by atoms with Gasteiger partial charge in [0.05, 0.1) is 18.6 Å². The Kier molecular flexibility index (Phi) is 4.53. The van der Waals surface area contributed by atoms with E-state index in [4.69, 9.17) is 9.84 Å². The average molecular weight is 260 g/mol. The van der Waals surface area contributed by atoms with Crippen LogP contribution in [0.25, 0.3) is 0 Å². The van der Waals surface area contributed by atoms with E-state index in [9.17, 15) is 14.7 Å². The van der Waals surface area contributed by atoms with Gasteiger partial charge in [0.25, 0.3) is 0 Å². The van der Waals surface area contributed by atoms with Crippen LogP contribution in [0.3, 0.4) is 0 Å². The lowest BCUT2D eigenvalue weighted by molar-refractivity contribution is -0.160. The second-order valence-corrected chi connectivity index (χ2v) is 5.38. The van der Waals surface area contributed by atoms with Crippen molar-refractivity contribution >= 4 is 12.1 Å². The summed E-state index contributed by atoms with van der Waals surface area (Å²) < 4.78 is 5.22. The van der Waals surface area contributed by atoms with Gasteiger partial charge in [-0.05, 0) is 27.2 Å². The molecule has 104 valence electrons. The molecule has 0 aromatic heterocycles. The van der Waals surface area contributed by atoms with Crippen LogP contribution in [0, 0.1) is 5.92 Å². The maximum atomic E-state index is 11.8. The summed E-state index contributed by atoms with van der Waals surface area (Å²) in [5.41, 5.74) is 2.00. The Hall–Kier alpha value is -1.34. The first kappa shape index (κ1) is 14.7. The van der Waals surface area contributed by atoms with Gasteiger partial charge in [-0.1, -0.05) is 0 Å². The molecule has 1 heterocycles. The van der Waals surface area contributed by atoms with Gasteiger partial charge in [0.15, 0.2) is 0 Å². The van der Waals surface area contributed by atoms with Gasteiger partial charge in [-0.25, -0.2) is 15.2 Å². The number of carbonyl (C=O) groups is 2. The Bertz CT molecular complexity index is 326. The molecule has 1 saturated heterocycles. The zero-order valence-electron chi connectivity index (χ0n) is 10.8. The normalized spacial score (nSPS) is 25.4. The van der Waals surface area contributed by atoms with Gasteiger partial charge < -0.3 is 14.9 Å². The number of hydrazine groups is 1. The standard InChI is InChI=1S/C11H20N2O5/c1-11(2,3)18-9(15)7-4-8(14)6-13(10(16)17)12-5-7/h7-8,12,14H,4-6H2,1-3H3,(H,16,17). The third-order valence-corrected chi connectivity index (χ3v) is 2.45. The van der Waals surface area contributed by atoms with E-state index >= 15 is 0 Å². The van der Waals surface area contributed by atoms with Crippen LogP contribution < -0.4 is 5.43 Å². The highest BCUT2D eigenvalue weighted by Crippen LogP contribution is 2.17. The molecule has 0 aliphatic carbocycles. The molecule has 7 nitrogen and oxygen atoms in total. The predicted octanol–water partition coefficient (Wildman–Crippen LogP) is 0.193. The number of hydrogen-bond acceptors (Lipinski definition) is 5. The third-order valence-electron chi connectivity index (χ3n) is 2.45. The van der Waals surface area contributed by atoms with E-state index in [1.807, 2.05) is 0 Å². The fraction of sp³-hybridized carbons (Fsp3) is 0.818. The topological polar surface area (TPSA) is 99.1 Å². The van der Waals surface area contributed by atoms with E-state index in [1.165, 1.54) is 0 Å². The molecule has 2 unspecified atom stereocenters. The van der Waals surface area contributed by atoms with E-state index in [0.717, 1.165) is 5.01 Å². The monoisotopic (exact) mass is 260 g/mol. The summed E-state index contributed by atoms with van der Waals surface area (Å²) in [6.45, 7) is 5.35. The molecule has 1 aliphatic rings. The van der Waals surface area contributed by atoms with Gasteiger partial charge in [0.1, 0.15) is 5.60 Å². The summed E-state index contributed by atoms with van der Waals surface area (Å²) in [5.74, 6) is -0.982. The largest absolute Gasteiger partial charge is 0.464 e. The van der Waals surface area contributed by atoms with Crippen molar-refractivity contribution in [1.29, 1.82) is 0 Å². The molecule has 0 spiro atoms. The number of β-amino-alcohol motifs (C(OH)–C–C–N with tert-alkyl or cyclic N) is 1. The average Bonchev–Trinajstić information content (AvgIpc) is 2.37. The molecular weight excluding hydrogens is 240 g/mol. The number of esters is 1. The molecular formula is C11H20N2O5. The minimum Gasteiger partial charge on any atom is -0.464 e. The number of amides is 1. The minimum atomic E-state index is -1.18. The van der Waals surface area contributed by atoms with Crippen LogP contribution in [-0.2, 0) is 9.53 Å². The smallest absolute Gasteiger partial charge is 0.421 e. The van der Waals surface area contributed by atoms with Gasteiger partial charge in [-0.3, -0.25) is 4.79 Å². The van der Waals surface area contributed by atoms with Crippen LogP contribution >= 0.6 is 0 Å². The number of hydrogen-bond donors (Lipinski definition) is 3. The quantitative estimate of drug-likeness (QED) is 0.582. The van der Waals surface area contributed by atoms with Crippen molar-refractivity contribution in [2.45, 2.75) is 38.9 Å². The first-order chi connectivity index (χ1) is 8.19. The molecule has 0 bridgehead atoms. The number of carbonyl (C=O) groups excluding carboxylic acids is 1. The fourth-order valence-electron chi connectivity index (χ4n) is 1.69. The molecule has 0 aromatic carbocycles. The van der Waals surface area contributed by atoms with Gasteiger partial charge in [0, 0.05) is 6.54 Å². The van der Waals surface area contributed by atoms with Crippen molar-refractivity contribution in [3.8, 4) is 0 Å². The molecule has 1 amide bonds. The maximum Gasteiger partial charge on any atom is 0.421 e. The zero-order valence-corrected chi connectivity index (χ0v) is 10.8. The fourth-order valence-corrected chi connectivity index (χ4v) is 1.69. The molecule has 2 atom stereocenters. The first-order valence-corrected chi connectivity index (χ1v) is 5.84. The maximum absolute atomic E-state index is 11.8. The highest BCUT2D eigenvalue weighted by atomic mass is 16.6. The number of aliphatic hydroxyl groups is 1. The van der Waals surface area contributed by atoms with Crippen LogP contribution in [0.2, 0.25) is 0 Å². The van der Waals surface area contributed by atoms with Crippen LogP contribution in [0.5, 0.6) is 0 Å². The van der Waals surface area contributed by atoms with E-state index < -0.39 is 29.7 Å². The van der Waals surface area contributed by atoms with Crippen LogP contribution in [-0.4, -0.2) is 52.1 Å². The molecule has 3 N–H and O–H groups in total.